The molecule has 0 heterocycles. The first-order valence-electron chi connectivity index (χ1n) is 13.0. The molecule has 1 aliphatic rings. The lowest BCUT2D eigenvalue weighted by molar-refractivity contribution is -0.186. The fourth-order valence-corrected chi connectivity index (χ4v) is 5.45. The van der Waals surface area contributed by atoms with Crippen molar-refractivity contribution in [1.29, 1.82) is 0 Å². The SMILES string of the molecule is CCCCCCC1(CCCCCC)c2ccccc2-c2ccc(C(OC(C)=O)OC(C)=O)cc21. The predicted octanol–water partition coefficient (Wildman–Crippen LogP) is 8.02. The summed E-state index contributed by atoms with van der Waals surface area (Å²) < 4.78 is 10.8. The monoisotopic (exact) mass is 464 g/mol. The number of rotatable bonds is 13. The molecule has 34 heavy (non-hydrogen) atoms. The molecule has 184 valence electrons. The zero-order valence-electron chi connectivity index (χ0n) is 21.3. The van der Waals surface area contributed by atoms with E-state index in [1.54, 1.807) is 0 Å². The second-order valence-corrected chi connectivity index (χ2v) is 9.60. The average Bonchev–Trinajstić information content (AvgIpc) is 3.08. The minimum absolute atomic E-state index is 0.0690. The molecule has 2 aromatic carbocycles. The van der Waals surface area contributed by atoms with E-state index in [1.807, 2.05) is 6.07 Å². The Morgan fingerprint density at radius 3 is 1.85 bits per heavy atom. The Balaban J connectivity index is 2.07. The normalized spacial score (nSPS) is 13.4. The maximum absolute atomic E-state index is 11.7. The lowest BCUT2D eigenvalue weighted by Gasteiger charge is -2.33. The maximum atomic E-state index is 11.7. The van der Waals surface area contributed by atoms with Gasteiger partial charge in [-0.05, 0) is 41.2 Å². The second-order valence-electron chi connectivity index (χ2n) is 9.60. The molecule has 1 aliphatic carbocycles. The Bertz CT molecular complexity index is 950. The Labute approximate surface area is 205 Å². The van der Waals surface area contributed by atoms with Gasteiger partial charge in [-0.2, -0.15) is 0 Å². The van der Waals surface area contributed by atoms with Crippen LogP contribution in [0.3, 0.4) is 0 Å². The number of hydrogen-bond acceptors (Lipinski definition) is 4. The minimum atomic E-state index is -1.03. The Kier molecular flexibility index (Phi) is 9.32. The molecule has 0 unspecified atom stereocenters. The molecule has 0 atom stereocenters. The van der Waals surface area contributed by atoms with Crippen molar-refractivity contribution in [3.63, 3.8) is 0 Å². The highest BCUT2D eigenvalue weighted by Crippen LogP contribution is 2.54. The zero-order valence-corrected chi connectivity index (χ0v) is 21.3. The van der Waals surface area contributed by atoms with Crippen LogP contribution in [-0.2, 0) is 24.5 Å². The molecule has 0 bridgehead atoms. The maximum Gasteiger partial charge on any atom is 0.305 e. The molecule has 0 radical (unpaired) electrons. The molecule has 0 saturated heterocycles. The van der Waals surface area contributed by atoms with E-state index in [2.05, 4.69) is 50.2 Å². The van der Waals surface area contributed by atoms with Crippen LogP contribution in [0.4, 0.5) is 0 Å². The standard InChI is InChI=1S/C30H40O4/c1-5-7-9-13-19-30(20-14-10-8-6-2)27-16-12-11-15-25(27)26-18-17-24(21-28(26)30)29(33-22(3)31)34-23(4)32/h11-12,15-18,21,29H,5-10,13-14,19-20H2,1-4H3. The van der Waals surface area contributed by atoms with Gasteiger partial charge in [0.05, 0.1) is 0 Å². The largest absolute Gasteiger partial charge is 0.421 e. The summed E-state index contributed by atoms with van der Waals surface area (Å²) in [6.07, 6.45) is 10.9. The van der Waals surface area contributed by atoms with E-state index >= 15 is 0 Å². The van der Waals surface area contributed by atoms with Crippen molar-refractivity contribution in [2.24, 2.45) is 0 Å². The van der Waals surface area contributed by atoms with Crippen LogP contribution < -0.4 is 0 Å². The van der Waals surface area contributed by atoms with Crippen molar-refractivity contribution in [3.05, 3.63) is 59.2 Å². The van der Waals surface area contributed by atoms with E-state index in [4.69, 9.17) is 9.47 Å². The number of fused-ring (bicyclic) bond motifs is 3. The highest BCUT2D eigenvalue weighted by Gasteiger charge is 2.42. The fourth-order valence-electron chi connectivity index (χ4n) is 5.45. The summed E-state index contributed by atoms with van der Waals surface area (Å²) >= 11 is 0. The minimum Gasteiger partial charge on any atom is -0.421 e. The molecular formula is C30H40O4. The van der Waals surface area contributed by atoms with Crippen LogP contribution in [0.15, 0.2) is 42.5 Å². The number of hydrogen-bond donors (Lipinski definition) is 0. The van der Waals surface area contributed by atoms with Crippen LogP contribution in [0, 0.1) is 0 Å². The summed E-state index contributed by atoms with van der Waals surface area (Å²) in [6.45, 7) is 7.17. The fraction of sp³-hybridized carbons (Fsp3) is 0.533. The highest BCUT2D eigenvalue weighted by molar-refractivity contribution is 5.81. The average molecular weight is 465 g/mol. The summed E-state index contributed by atoms with van der Waals surface area (Å²) in [7, 11) is 0. The lowest BCUT2D eigenvalue weighted by Crippen LogP contribution is -2.26. The summed E-state index contributed by atoms with van der Waals surface area (Å²) in [4.78, 5) is 23.5. The molecule has 0 aliphatic heterocycles. The Morgan fingerprint density at radius 1 is 0.735 bits per heavy atom. The third kappa shape index (κ3) is 5.89. The van der Waals surface area contributed by atoms with Gasteiger partial charge in [-0.25, -0.2) is 0 Å². The van der Waals surface area contributed by atoms with Crippen molar-refractivity contribution in [2.45, 2.75) is 104 Å². The van der Waals surface area contributed by atoms with Crippen molar-refractivity contribution in [1.82, 2.24) is 0 Å². The Morgan fingerprint density at radius 2 is 1.29 bits per heavy atom. The van der Waals surface area contributed by atoms with Gasteiger partial charge in [-0.15, -0.1) is 0 Å². The third-order valence-corrected chi connectivity index (χ3v) is 7.02. The summed E-state index contributed by atoms with van der Waals surface area (Å²) in [5.41, 5.74) is 5.88. The molecule has 0 aromatic heterocycles. The van der Waals surface area contributed by atoms with Crippen molar-refractivity contribution in [2.75, 3.05) is 0 Å². The van der Waals surface area contributed by atoms with E-state index in [9.17, 15) is 9.59 Å². The van der Waals surface area contributed by atoms with Crippen LogP contribution in [0.1, 0.15) is 115 Å². The molecule has 3 rings (SSSR count). The second kappa shape index (κ2) is 12.2. The molecule has 4 nitrogen and oxygen atoms in total. The molecule has 4 heteroatoms. The van der Waals surface area contributed by atoms with Gasteiger partial charge in [0.1, 0.15) is 0 Å². The van der Waals surface area contributed by atoms with Gasteiger partial charge in [0.15, 0.2) is 0 Å². The summed E-state index contributed by atoms with van der Waals surface area (Å²) in [5, 5.41) is 0. The number of unbranched alkanes of at least 4 members (excludes halogenated alkanes) is 6. The zero-order chi connectivity index (χ0) is 24.6. The van der Waals surface area contributed by atoms with Crippen LogP contribution in [-0.4, -0.2) is 11.9 Å². The van der Waals surface area contributed by atoms with Gasteiger partial charge in [0.25, 0.3) is 6.29 Å². The number of ether oxygens (including phenoxy) is 2. The molecule has 0 fully saturated rings. The van der Waals surface area contributed by atoms with Crippen molar-refractivity contribution >= 4 is 11.9 Å². The molecule has 0 amide bonds. The topological polar surface area (TPSA) is 52.6 Å². The molecule has 0 spiro atoms. The van der Waals surface area contributed by atoms with Gasteiger partial charge in [0.2, 0.25) is 0 Å². The third-order valence-electron chi connectivity index (χ3n) is 7.02. The first kappa shape index (κ1) is 26.0. The van der Waals surface area contributed by atoms with Crippen LogP contribution >= 0.6 is 0 Å². The quantitative estimate of drug-likeness (QED) is 0.171. The molecule has 0 N–H and O–H groups in total. The van der Waals surface area contributed by atoms with Gasteiger partial charge >= 0.3 is 11.9 Å². The van der Waals surface area contributed by atoms with Crippen LogP contribution in [0.2, 0.25) is 0 Å². The van der Waals surface area contributed by atoms with Crippen LogP contribution in [0.25, 0.3) is 11.1 Å². The molecular weight excluding hydrogens is 424 g/mol. The van der Waals surface area contributed by atoms with Crippen molar-refractivity contribution in [3.8, 4) is 11.1 Å². The van der Waals surface area contributed by atoms with Crippen molar-refractivity contribution < 1.29 is 19.1 Å². The number of carbonyl (C=O) groups excluding carboxylic acids is 2. The smallest absolute Gasteiger partial charge is 0.305 e. The number of esters is 2. The number of benzene rings is 2. The molecule has 2 aromatic rings. The van der Waals surface area contributed by atoms with Gasteiger partial charge in [-0.3, -0.25) is 9.59 Å². The molecule has 0 saturated carbocycles. The predicted molar refractivity (Wildman–Crippen MR) is 136 cm³/mol. The lowest BCUT2D eigenvalue weighted by atomic mass is 9.70. The summed E-state index contributed by atoms with van der Waals surface area (Å²) in [6, 6.07) is 15.0. The Hall–Kier alpha value is -2.62. The first-order chi connectivity index (χ1) is 16.4. The van der Waals surface area contributed by atoms with Gasteiger partial charge in [-0.1, -0.05) is 102 Å². The first-order valence-corrected chi connectivity index (χ1v) is 13.0. The summed E-state index contributed by atoms with van der Waals surface area (Å²) in [5.74, 6) is -0.944. The van der Waals surface area contributed by atoms with Gasteiger partial charge in [0, 0.05) is 24.8 Å². The number of carbonyl (C=O) groups is 2. The van der Waals surface area contributed by atoms with Crippen LogP contribution in [0.5, 0.6) is 0 Å². The van der Waals surface area contributed by atoms with E-state index < -0.39 is 18.2 Å². The van der Waals surface area contributed by atoms with E-state index in [0.717, 1.165) is 12.8 Å². The van der Waals surface area contributed by atoms with E-state index in [1.165, 1.54) is 87.5 Å². The highest BCUT2D eigenvalue weighted by atomic mass is 16.7. The van der Waals surface area contributed by atoms with E-state index in [0.29, 0.717) is 5.56 Å². The van der Waals surface area contributed by atoms with Gasteiger partial charge < -0.3 is 9.47 Å². The van der Waals surface area contributed by atoms with E-state index in [-0.39, 0.29) is 5.41 Å².